The minimum absolute atomic E-state index is 0.00563. The minimum atomic E-state index is -0.00563. The van der Waals surface area contributed by atoms with Gasteiger partial charge in [-0.2, -0.15) is 0 Å². The van der Waals surface area contributed by atoms with E-state index in [1.54, 1.807) is 10.9 Å². The van der Waals surface area contributed by atoms with Crippen LogP contribution in [0.4, 0.5) is 0 Å². The molecule has 0 aromatic carbocycles. The summed E-state index contributed by atoms with van der Waals surface area (Å²) in [5.74, 6) is 1.13. The van der Waals surface area contributed by atoms with Crippen molar-refractivity contribution in [1.82, 2.24) is 19.9 Å². The van der Waals surface area contributed by atoms with Crippen LogP contribution in [0.2, 0.25) is 0 Å². The monoisotopic (exact) mass is 293 g/mol. The average molecular weight is 293 g/mol. The molecule has 2 rings (SSSR count). The Bertz CT molecular complexity index is 460. The molecule has 118 valence electrons. The van der Waals surface area contributed by atoms with E-state index in [4.69, 9.17) is 5.73 Å². The van der Waals surface area contributed by atoms with Gasteiger partial charge in [-0.15, -0.1) is 5.10 Å². The van der Waals surface area contributed by atoms with Crippen molar-refractivity contribution in [3.05, 3.63) is 11.9 Å². The highest BCUT2D eigenvalue weighted by Gasteiger charge is 2.26. The summed E-state index contributed by atoms with van der Waals surface area (Å²) < 4.78 is 1.77. The molecule has 2 N–H and O–H groups in total. The van der Waals surface area contributed by atoms with Gasteiger partial charge in [0.1, 0.15) is 0 Å². The maximum Gasteiger partial charge on any atom is 0.276 e. The van der Waals surface area contributed by atoms with Crippen LogP contribution < -0.4 is 5.73 Å². The first-order chi connectivity index (χ1) is 9.97. The predicted octanol–water partition coefficient (Wildman–Crippen LogP) is 1.52. The van der Waals surface area contributed by atoms with Crippen LogP contribution in [-0.2, 0) is 6.54 Å². The third-order valence-corrected chi connectivity index (χ3v) is 4.26. The molecule has 6 heteroatoms. The summed E-state index contributed by atoms with van der Waals surface area (Å²) in [6, 6.07) is 0.208. The van der Waals surface area contributed by atoms with Crippen LogP contribution >= 0.6 is 0 Å². The molecule has 1 aromatic heterocycles. The lowest BCUT2D eigenvalue weighted by atomic mass is 9.91. The van der Waals surface area contributed by atoms with E-state index in [0.29, 0.717) is 17.5 Å². The molecule has 0 bridgehead atoms. The fraction of sp³-hybridized carbons (Fsp3) is 0.800. The van der Waals surface area contributed by atoms with Crippen molar-refractivity contribution >= 4 is 5.91 Å². The Labute approximate surface area is 126 Å². The lowest BCUT2D eigenvalue weighted by molar-refractivity contribution is 0.0675. The molecule has 21 heavy (non-hydrogen) atoms. The molecule has 0 saturated carbocycles. The molecule has 0 radical (unpaired) electrons. The molecule has 1 atom stereocenters. The highest BCUT2D eigenvalue weighted by molar-refractivity contribution is 5.91. The van der Waals surface area contributed by atoms with Crippen molar-refractivity contribution in [1.29, 1.82) is 0 Å². The van der Waals surface area contributed by atoms with E-state index in [0.717, 1.165) is 38.9 Å². The van der Waals surface area contributed by atoms with E-state index in [1.165, 1.54) is 0 Å². The van der Waals surface area contributed by atoms with Gasteiger partial charge in [0.25, 0.3) is 5.91 Å². The van der Waals surface area contributed by atoms with Crippen LogP contribution in [0.5, 0.6) is 0 Å². The van der Waals surface area contributed by atoms with Crippen molar-refractivity contribution in [3.63, 3.8) is 0 Å². The molecule has 1 aliphatic rings. The lowest BCUT2D eigenvalue weighted by Gasteiger charge is -2.33. The number of nitrogens with zero attached hydrogens (tertiary/aromatic N) is 4. The molecule has 2 heterocycles. The maximum atomic E-state index is 12.4. The summed E-state index contributed by atoms with van der Waals surface area (Å²) in [6.07, 6.45) is 4.76. The summed E-state index contributed by atoms with van der Waals surface area (Å²) >= 11 is 0. The second-order valence-electron chi connectivity index (χ2n) is 6.54. The van der Waals surface area contributed by atoms with Gasteiger partial charge in [0.2, 0.25) is 0 Å². The van der Waals surface area contributed by atoms with E-state index >= 15 is 0 Å². The highest BCUT2D eigenvalue weighted by Crippen LogP contribution is 2.20. The minimum Gasteiger partial charge on any atom is -0.337 e. The Kier molecular flexibility index (Phi) is 5.33. The Morgan fingerprint density at radius 3 is 2.62 bits per heavy atom. The summed E-state index contributed by atoms with van der Waals surface area (Å²) in [7, 11) is 0. The molecule has 0 aliphatic carbocycles. The van der Waals surface area contributed by atoms with Crippen LogP contribution in [-0.4, -0.2) is 44.9 Å². The third-order valence-electron chi connectivity index (χ3n) is 4.26. The molecule has 6 nitrogen and oxygen atoms in total. The number of hydrogen-bond donors (Lipinski definition) is 1. The van der Waals surface area contributed by atoms with Crippen molar-refractivity contribution < 1.29 is 4.79 Å². The summed E-state index contributed by atoms with van der Waals surface area (Å²) in [5, 5.41) is 8.07. The van der Waals surface area contributed by atoms with Crippen molar-refractivity contribution in [2.45, 2.75) is 52.6 Å². The Hall–Kier alpha value is -1.43. The Morgan fingerprint density at radius 2 is 2.05 bits per heavy atom. The SMILES string of the molecule is CC(C)CCn1cc(C(=O)N2CCC(C(C)N)CC2)nn1. The lowest BCUT2D eigenvalue weighted by Crippen LogP contribution is -2.42. The van der Waals surface area contributed by atoms with Gasteiger partial charge in [-0.3, -0.25) is 9.48 Å². The Balaban J connectivity index is 1.89. The highest BCUT2D eigenvalue weighted by atomic mass is 16.2. The first-order valence-corrected chi connectivity index (χ1v) is 7.92. The fourth-order valence-electron chi connectivity index (χ4n) is 2.69. The number of amides is 1. The van der Waals surface area contributed by atoms with Crippen LogP contribution in [0, 0.1) is 11.8 Å². The molecule has 1 fully saturated rings. The second-order valence-corrected chi connectivity index (χ2v) is 6.54. The number of rotatable bonds is 5. The molecule has 1 saturated heterocycles. The zero-order valence-electron chi connectivity index (χ0n) is 13.3. The molecule has 1 aliphatic heterocycles. The quantitative estimate of drug-likeness (QED) is 0.893. The number of carbonyl (C=O) groups excluding carboxylic acids is 1. The van der Waals surface area contributed by atoms with E-state index in [9.17, 15) is 4.79 Å². The molecule has 0 spiro atoms. The zero-order valence-corrected chi connectivity index (χ0v) is 13.3. The fourth-order valence-corrected chi connectivity index (χ4v) is 2.69. The number of aromatic nitrogens is 3. The zero-order chi connectivity index (χ0) is 15.4. The first-order valence-electron chi connectivity index (χ1n) is 7.92. The summed E-state index contributed by atoms with van der Waals surface area (Å²) in [5.41, 5.74) is 6.39. The van der Waals surface area contributed by atoms with E-state index < -0.39 is 0 Å². The summed E-state index contributed by atoms with van der Waals surface area (Å²) in [6.45, 7) is 8.73. The Morgan fingerprint density at radius 1 is 1.38 bits per heavy atom. The number of piperidine rings is 1. The van der Waals surface area contributed by atoms with Crippen LogP contribution in [0.25, 0.3) is 0 Å². The molecular formula is C15H27N5O. The maximum absolute atomic E-state index is 12.4. The number of aryl methyl sites for hydroxylation is 1. The number of likely N-dealkylation sites (tertiary alicyclic amines) is 1. The van der Waals surface area contributed by atoms with Gasteiger partial charge in [0, 0.05) is 25.7 Å². The molecule has 1 amide bonds. The van der Waals surface area contributed by atoms with Crippen molar-refractivity contribution in [2.75, 3.05) is 13.1 Å². The molecular weight excluding hydrogens is 266 g/mol. The smallest absolute Gasteiger partial charge is 0.276 e. The van der Waals surface area contributed by atoms with Crippen LogP contribution in [0.3, 0.4) is 0 Å². The van der Waals surface area contributed by atoms with Gasteiger partial charge < -0.3 is 10.6 Å². The standard InChI is InChI=1S/C15H27N5O/c1-11(2)4-9-20-10-14(17-18-20)15(21)19-7-5-13(6-8-19)12(3)16/h10-13H,4-9,16H2,1-3H3. The topological polar surface area (TPSA) is 77.0 Å². The average Bonchev–Trinajstić information content (AvgIpc) is 2.93. The van der Waals surface area contributed by atoms with Gasteiger partial charge in [0.05, 0.1) is 6.20 Å². The van der Waals surface area contributed by atoms with Crippen molar-refractivity contribution in [2.24, 2.45) is 17.6 Å². The normalized spacial score (nSPS) is 18.2. The third kappa shape index (κ3) is 4.27. The van der Waals surface area contributed by atoms with E-state index in [1.807, 2.05) is 11.8 Å². The van der Waals surface area contributed by atoms with Gasteiger partial charge in [0.15, 0.2) is 5.69 Å². The van der Waals surface area contributed by atoms with Gasteiger partial charge in [-0.1, -0.05) is 19.1 Å². The largest absolute Gasteiger partial charge is 0.337 e. The van der Waals surface area contributed by atoms with Crippen molar-refractivity contribution in [3.8, 4) is 0 Å². The van der Waals surface area contributed by atoms with Gasteiger partial charge >= 0.3 is 0 Å². The predicted molar refractivity (Wildman–Crippen MR) is 81.8 cm³/mol. The number of nitrogens with two attached hydrogens (primary N) is 1. The summed E-state index contributed by atoms with van der Waals surface area (Å²) in [4.78, 5) is 14.3. The molecule has 1 aromatic rings. The molecule has 1 unspecified atom stereocenters. The number of hydrogen-bond acceptors (Lipinski definition) is 4. The van der Waals surface area contributed by atoms with Crippen LogP contribution in [0.15, 0.2) is 6.20 Å². The van der Waals surface area contributed by atoms with Gasteiger partial charge in [-0.05, 0) is 38.0 Å². The number of carbonyl (C=O) groups is 1. The van der Waals surface area contributed by atoms with E-state index in [-0.39, 0.29) is 11.9 Å². The van der Waals surface area contributed by atoms with Crippen LogP contribution in [0.1, 0.15) is 50.5 Å². The van der Waals surface area contributed by atoms with Gasteiger partial charge in [-0.25, -0.2) is 0 Å². The first kappa shape index (κ1) is 15.9. The second kappa shape index (κ2) is 7.02. The van der Waals surface area contributed by atoms with E-state index in [2.05, 4.69) is 24.2 Å².